The summed E-state index contributed by atoms with van der Waals surface area (Å²) in [4.78, 5) is 8.94. The number of pyridine rings is 1. The number of hydrogen-bond acceptors (Lipinski definition) is 4. The van der Waals surface area contributed by atoms with Gasteiger partial charge in [-0.05, 0) is 24.5 Å². The molecule has 5 nitrogen and oxygen atoms in total. The van der Waals surface area contributed by atoms with Crippen LogP contribution >= 0.6 is 0 Å². The van der Waals surface area contributed by atoms with Crippen molar-refractivity contribution < 1.29 is 0 Å². The molecule has 2 rings (SSSR count). The molecular weight excluding hydrogens is 250 g/mol. The Balaban J connectivity index is 2.22. The SMILES string of the molecule is CCCn1ccnc1CC(NN)c1ncccc1CC. The summed E-state index contributed by atoms with van der Waals surface area (Å²) >= 11 is 0. The van der Waals surface area contributed by atoms with E-state index in [0.29, 0.717) is 0 Å². The van der Waals surface area contributed by atoms with Gasteiger partial charge in [0.05, 0.1) is 11.7 Å². The molecule has 0 amide bonds. The highest BCUT2D eigenvalue weighted by molar-refractivity contribution is 5.23. The second-order valence-corrected chi connectivity index (χ2v) is 4.86. The zero-order valence-electron chi connectivity index (χ0n) is 12.2. The van der Waals surface area contributed by atoms with E-state index in [0.717, 1.165) is 37.3 Å². The van der Waals surface area contributed by atoms with Crippen molar-refractivity contribution in [2.24, 2.45) is 5.84 Å². The maximum atomic E-state index is 5.74. The maximum Gasteiger partial charge on any atom is 0.110 e. The lowest BCUT2D eigenvalue weighted by Crippen LogP contribution is -2.31. The molecule has 1 atom stereocenters. The highest BCUT2D eigenvalue weighted by atomic mass is 15.2. The van der Waals surface area contributed by atoms with Crippen LogP contribution in [0.5, 0.6) is 0 Å². The fourth-order valence-electron chi connectivity index (χ4n) is 2.46. The third-order valence-electron chi connectivity index (χ3n) is 3.49. The highest BCUT2D eigenvalue weighted by Crippen LogP contribution is 2.19. The quantitative estimate of drug-likeness (QED) is 0.598. The van der Waals surface area contributed by atoms with Crippen molar-refractivity contribution in [2.45, 2.75) is 45.7 Å². The smallest absolute Gasteiger partial charge is 0.110 e. The van der Waals surface area contributed by atoms with E-state index in [2.05, 4.69) is 39.9 Å². The maximum absolute atomic E-state index is 5.74. The second-order valence-electron chi connectivity index (χ2n) is 4.86. The molecular formula is C15H23N5. The molecule has 0 spiro atoms. The third kappa shape index (κ3) is 3.23. The second kappa shape index (κ2) is 7.17. The van der Waals surface area contributed by atoms with E-state index in [-0.39, 0.29) is 6.04 Å². The lowest BCUT2D eigenvalue weighted by atomic mass is 10.0. The van der Waals surface area contributed by atoms with Crippen molar-refractivity contribution >= 4 is 0 Å². The van der Waals surface area contributed by atoms with Crippen LogP contribution in [-0.2, 0) is 19.4 Å². The van der Waals surface area contributed by atoms with Gasteiger partial charge in [-0.15, -0.1) is 0 Å². The molecule has 0 saturated carbocycles. The molecule has 2 aromatic rings. The Labute approximate surface area is 120 Å². The molecule has 2 heterocycles. The van der Waals surface area contributed by atoms with Crippen LogP contribution in [0.15, 0.2) is 30.7 Å². The molecule has 0 aliphatic heterocycles. The number of nitrogens with zero attached hydrogens (tertiary/aromatic N) is 3. The van der Waals surface area contributed by atoms with Crippen LogP contribution < -0.4 is 11.3 Å². The Bertz CT molecular complexity index is 535. The van der Waals surface area contributed by atoms with Gasteiger partial charge in [-0.1, -0.05) is 19.9 Å². The summed E-state index contributed by atoms with van der Waals surface area (Å²) in [5.41, 5.74) is 5.13. The molecule has 1 unspecified atom stereocenters. The average Bonchev–Trinajstić information content (AvgIpc) is 2.92. The van der Waals surface area contributed by atoms with Gasteiger partial charge in [-0.25, -0.2) is 4.98 Å². The Kier molecular flexibility index (Phi) is 5.26. The van der Waals surface area contributed by atoms with E-state index in [9.17, 15) is 0 Å². The van der Waals surface area contributed by atoms with Crippen LogP contribution in [0.2, 0.25) is 0 Å². The first-order chi connectivity index (χ1) is 9.80. The first-order valence-corrected chi connectivity index (χ1v) is 7.20. The lowest BCUT2D eigenvalue weighted by molar-refractivity contribution is 0.503. The normalized spacial score (nSPS) is 12.6. The first kappa shape index (κ1) is 14.7. The summed E-state index contributed by atoms with van der Waals surface area (Å²) in [7, 11) is 0. The van der Waals surface area contributed by atoms with Gasteiger partial charge < -0.3 is 4.57 Å². The minimum absolute atomic E-state index is 0.0100. The van der Waals surface area contributed by atoms with Crippen molar-refractivity contribution in [1.29, 1.82) is 0 Å². The van der Waals surface area contributed by atoms with Gasteiger partial charge in [0.25, 0.3) is 0 Å². The summed E-state index contributed by atoms with van der Waals surface area (Å²) in [5, 5.41) is 0. The van der Waals surface area contributed by atoms with Gasteiger partial charge in [0.2, 0.25) is 0 Å². The van der Waals surface area contributed by atoms with Gasteiger partial charge in [0.15, 0.2) is 0 Å². The van der Waals surface area contributed by atoms with Crippen molar-refractivity contribution in [3.63, 3.8) is 0 Å². The van der Waals surface area contributed by atoms with Gasteiger partial charge in [0.1, 0.15) is 5.82 Å². The molecule has 108 valence electrons. The third-order valence-corrected chi connectivity index (χ3v) is 3.49. The van der Waals surface area contributed by atoms with Gasteiger partial charge >= 0.3 is 0 Å². The number of aryl methyl sites for hydroxylation is 2. The van der Waals surface area contributed by atoms with Crippen molar-refractivity contribution in [1.82, 2.24) is 20.0 Å². The zero-order chi connectivity index (χ0) is 14.4. The topological polar surface area (TPSA) is 68.8 Å². The monoisotopic (exact) mass is 273 g/mol. The number of hydrogen-bond donors (Lipinski definition) is 2. The largest absolute Gasteiger partial charge is 0.335 e. The van der Waals surface area contributed by atoms with Crippen molar-refractivity contribution in [2.75, 3.05) is 0 Å². The number of aromatic nitrogens is 3. The Morgan fingerprint density at radius 2 is 2.15 bits per heavy atom. The summed E-state index contributed by atoms with van der Waals surface area (Å²) < 4.78 is 2.18. The molecule has 0 aliphatic rings. The highest BCUT2D eigenvalue weighted by Gasteiger charge is 2.17. The van der Waals surface area contributed by atoms with E-state index in [1.807, 2.05) is 24.7 Å². The standard InChI is InChI=1S/C15H23N5/c1-3-9-20-10-8-17-14(20)11-13(19-16)15-12(4-2)6-5-7-18-15/h5-8,10,13,19H,3-4,9,11,16H2,1-2H3. The van der Waals surface area contributed by atoms with E-state index in [1.165, 1.54) is 5.56 Å². The number of rotatable bonds is 7. The average molecular weight is 273 g/mol. The molecule has 0 saturated heterocycles. The number of hydrazine groups is 1. The Hall–Kier alpha value is -1.72. The zero-order valence-corrected chi connectivity index (χ0v) is 12.2. The van der Waals surface area contributed by atoms with E-state index in [4.69, 9.17) is 5.84 Å². The van der Waals surface area contributed by atoms with Crippen LogP contribution in [0, 0.1) is 0 Å². The molecule has 5 heteroatoms. The fourth-order valence-corrected chi connectivity index (χ4v) is 2.46. The fraction of sp³-hybridized carbons (Fsp3) is 0.467. The van der Waals surface area contributed by atoms with Crippen LogP contribution in [0.25, 0.3) is 0 Å². The molecule has 3 N–H and O–H groups in total. The van der Waals surface area contributed by atoms with E-state index >= 15 is 0 Å². The molecule has 20 heavy (non-hydrogen) atoms. The van der Waals surface area contributed by atoms with Gasteiger partial charge in [-0.3, -0.25) is 16.3 Å². The van der Waals surface area contributed by atoms with Crippen LogP contribution in [-0.4, -0.2) is 14.5 Å². The van der Waals surface area contributed by atoms with E-state index < -0.39 is 0 Å². The molecule has 0 bridgehead atoms. The summed E-state index contributed by atoms with van der Waals surface area (Å²) in [6, 6.07) is 4.06. The number of nitrogens with two attached hydrogens (primary N) is 1. The molecule has 2 aromatic heterocycles. The predicted molar refractivity (Wildman–Crippen MR) is 79.9 cm³/mol. The summed E-state index contributed by atoms with van der Waals surface area (Å²) in [6.45, 7) is 5.28. The predicted octanol–water partition coefficient (Wildman–Crippen LogP) is 2.00. The minimum Gasteiger partial charge on any atom is -0.335 e. The van der Waals surface area contributed by atoms with Crippen molar-refractivity contribution in [3.05, 3.63) is 47.8 Å². The Morgan fingerprint density at radius 3 is 2.85 bits per heavy atom. The molecule has 0 radical (unpaired) electrons. The molecule has 0 aliphatic carbocycles. The van der Waals surface area contributed by atoms with Crippen molar-refractivity contribution in [3.8, 4) is 0 Å². The van der Waals surface area contributed by atoms with Crippen LogP contribution in [0.1, 0.15) is 43.4 Å². The Morgan fingerprint density at radius 1 is 1.30 bits per heavy atom. The summed E-state index contributed by atoms with van der Waals surface area (Å²) in [6.07, 6.45) is 8.47. The van der Waals surface area contributed by atoms with Crippen LogP contribution in [0.3, 0.4) is 0 Å². The van der Waals surface area contributed by atoms with Gasteiger partial charge in [-0.2, -0.15) is 0 Å². The summed E-state index contributed by atoms with van der Waals surface area (Å²) in [5.74, 6) is 6.79. The minimum atomic E-state index is -0.0100. The van der Waals surface area contributed by atoms with Gasteiger partial charge in [0, 0.05) is 31.6 Å². The lowest BCUT2D eigenvalue weighted by Gasteiger charge is -2.18. The van der Waals surface area contributed by atoms with E-state index in [1.54, 1.807) is 0 Å². The number of imidazole rings is 1. The molecule has 0 aromatic carbocycles. The molecule has 0 fully saturated rings. The van der Waals surface area contributed by atoms with Crippen LogP contribution in [0.4, 0.5) is 0 Å². The number of nitrogens with one attached hydrogen (secondary N) is 1. The first-order valence-electron chi connectivity index (χ1n) is 7.20.